The third-order valence-electron chi connectivity index (χ3n) is 5.12. The normalized spacial score (nSPS) is 12.2. The summed E-state index contributed by atoms with van der Waals surface area (Å²) >= 11 is 0. The van der Waals surface area contributed by atoms with Gasteiger partial charge in [0, 0.05) is 0 Å². The molecule has 0 aliphatic carbocycles. The number of unbranched alkanes of at least 4 members (excludes halogenated alkanes) is 1. The molecule has 28 heavy (non-hydrogen) atoms. The van der Waals surface area contributed by atoms with Crippen LogP contribution in [0.5, 0.6) is 11.5 Å². The van der Waals surface area contributed by atoms with Crippen LogP contribution in [0.25, 0.3) is 11.0 Å². The van der Waals surface area contributed by atoms with Gasteiger partial charge in [0.1, 0.15) is 17.1 Å². The zero-order valence-corrected chi connectivity index (χ0v) is 16.6. The molecule has 3 aromatic rings. The van der Waals surface area contributed by atoms with Gasteiger partial charge in [0.05, 0.1) is 17.6 Å². The van der Waals surface area contributed by atoms with E-state index >= 15 is 0 Å². The Morgan fingerprint density at radius 2 is 1.89 bits per heavy atom. The highest BCUT2D eigenvalue weighted by Crippen LogP contribution is 2.29. The van der Waals surface area contributed by atoms with Gasteiger partial charge in [-0.1, -0.05) is 49.6 Å². The molecule has 0 saturated carbocycles. The smallest absolute Gasteiger partial charge is 0.343 e. The van der Waals surface area contributed by atoms with E-state index in [1.54, 1.807) is 6.07 Å². The van der Waals surface area contributed by atoms with Crippen molar-refractivity contribution in [2.24, 2.45) is 5.92 Å². The third kappa shape index (κ3) is 4.94. The molecule has 0 fully saturated rings. The standard InChI is InChI=1S/C24H28O4/c1-3-4-8-18(16-27-19-9-6-5-7-10-19)12-13-20-23(25)21-15-17(2)11-14-22(21)28-24(20)26/h5-7,9-11,14-15,18,25H,3-4,8,12-13,16H2,1-2H3. The van der Waals surface area contributed by atoms with Crippen molar-refractivity contribution in [3.8, 4) is 11.5 Å². The summed E-state index contributed by atoms with van der Waals surface area (Å²) in [7, 11) is 0. The number of rotatable bonds is 9. The average molecular weight is 380 g/mol. The summed E-state index contributed by atoms with van der Waals surface area (Å²) in [6.07, 6.45) is 4.50. The molecule has 1 heterocycles. The molecule has 1 N–H and O–H groups in total. The number of fused-ring (bicyclic) bond motifs is 1. The molecule has 0 amide bonds. The second-order valence-electron chi connectivity index (χ2n) is 7.39. The Morgan fingerprint density at radius 1 is 1.11 bits per heavy atom. The van der Waals surface area contributed by atoms with E-state index in [1.165, 1.54) is 0 Å². The first-order chi connectivity index (χ1) is 13.6. The highest BCUT2D eigenvalue weighted by molar-refractivity contribution is 5.84. The van der Waals surface area contributed by atoms with E-state index in [-0.39, 0.29) is 5.75 Å². The lowest BCUT2D eigenvalue weighted by atomic mass is 9.95. The number of hydrogen-bond donors (Lipinski definition) is 1. The number of benzene rings is 2. The lowest BCUT2D eigenvalue weighted by molar-refractivity contribution is 0.228. The molecule has 1 atom stereocenters. The minimum atomic E-state index is -0.452. The van der Waals surface area contributed by atoms with E-state index in [0.29, 0.717) is 35.5 Å². The maximum Gasteiger partial charge on any atom is 0.343 e. The minimum Gasteiger partial charge on any atom is -0.507 e. The van der Waals surface area contributed by atoms with Crippen molar-refractivity contribution in [3.63, 3.8) is 0 Å². The molecule has 0 bridgehead atoms. The minimum absolute atomic E-state index is 0.0492. The van der Waals surface area contributed by atoms with Crippen molar-refractivity contribution in [3.05, 3.63) is 70.1 Å². The zero-order chi connectivity index (χ0) is 19.9. The molecule has 148 valence electrons. The van der Waals surface area contributed by atoms with Gasteiger partial charge in [-0.15, -0.1) is 0 Å². The Labute approximate surface area is 165 Å². The Kier molecular flexibility index (Phi) is 6.75. The van der Waals surface area contributed by atoms with Gasteiger partial charge in [-0.25, -0.2) is 4.79 Å². The Bertz CT molecular complexity index is 959. The monoisotopic (exact) mass is 380 g/mol. The molecular weight excluding hydrogens is 352 g/mol. The van der Waals surface area contributed by atoms with E-state index in [2.05, 4.69) is 6.92 Å². The summed E-state index contributed by atoms with van der Waals surface area (Å²) in [5.74, 6) is 1.22. The number of hydrogen-bond acceptors (Lipinski definition) is 4. The summed E-state index contributed by atoms with van der Waals surface area (Å²) in [4.78, 5) is 12.4. The van der Waals surface area contributed by atoms with Crippen LogP contribution in [0, 0.1) is 12.8 Å². The SMILES string of the molecule is CCCCC(CCc1c(O)c2cc(C)ccc2oc1=O)COc1ccccc1. The highest BCUT2D eigenvalue weighted by atomic mass is 16.5. The fraction of sp³-hybridized carbons (Fsp3) is 0.375. The van der Waals surface area contributed by atoms with Gasteiger partial charge in [0.25, 0.3) is 0 Å². The van der Waals surface area contributed by atoms with E-state index < -0.39 is 5.63 Å². The number of aromatic hydroxyl groups is 1. The average Bonchev–Trinajstić information content (AvgIpc) is 2.70. The van der Waals surface area contributed by atoms with Crippen LogP contribution in [0.3, 0.4) is 0 Å². The lowest BCUT2D eigenvalue weighted by Crippen LogP contribution is -2.16. The summed E-state index contributed by atoms with van der Waals surface area (Å²) < 4.78 is 11.4. The number of ether oxygens (including phenoxy) is 1. The van der Waals surface area contributed by atoms with Crippen molar-refractivity contribution in [1.82, 2.24) is 0 Å². The van der Waals surface area contributed by atoms with Crippen LogP contribution in [0.4, 0.5) is 0 Å². The van der Waals surface area contributed by atoms with Gasteiger partial charge in [-0.2, -0.15) is 0 Å². The summed E-state index contributed by atoms with van der Waals surface area (Å²) in [5.41, 5.74) is 1.35. The second-order valence-corrected chi connectivity index (χ2v) is 7.39. The van der Waals surface area contributed by atoms with Gasteiger partial charge < -0.3 is 14.3 Å². The molecule has 4 heteroatoms. The van der Waals surface area contributed by atoms with Crippen LogP contribution in [0.15, 0.2) is 57.7 Å². The number of para-hydroxylation sites is 1. The van der Waals surface area contributed by atoms with Crippen molar-refractivity contribution in [2.75, 3.05) is 6.61 Å². The first-order valence-electron chi connectivity index (χ1n) is 10.0. The molecule has 1 unspecified atom stereocenters. The topological polar surface area (TPSA) is 59.7 Å². The molecule has 0 radical (unpaired) electrons. The van der Waals surface area contributed by atoms with E-state index in [1.807, 2.05) is 49.4 Å². The molecular formula is C24H28O4. The molecule has 0 aliphatic heterocycles. The maximum absolute atomic E-state index is 12.4. The molecule has 0 aliphatic rings. The predicted octanol–water partition coefficient (Wildman–Crippen LogP) is 5.63. The van der Waals surface area contributed by atoms with E-state index in [9.17, 15) is 9.90 Å². The molecule has 4 nitrogen and oxygen atoms in total. The fourth-order valence-corrected chi connectivity index (χ4v) is 3.44. The first kappa shape index (κ1) is 20.0. The van der Waals surface area contributed by atoms with Crippen molar-refractivity contribution >= 4 is 11.0 Å². The zero-order valence-electron chi connectivity index (χ0n) is 16.6. The molecule has 0 saturated heterocycles. The maximum atomic E-state index is 12.4. The Hall–Kier alpha value is -2.75. The van der Waals surface area contributed by atoms with Gasteiger partial charge in [-0.05, 0) is 56.4 Å². The van der Waals surface area contributed by atoms with Gasteiger partial charge >= 0.3 is 5.63 Å². The quantitative estimate of drug-likeness (QED) is 0.489. The Balaban J connectivity index is 1.74. The van der Waals surface area contributed by atoms with Gasteiger partial charge in [0.15, 0.2) is 0 Å². The predicted molar refractivity (Wildman–Crippen MR) is 112 cm³/mol. The van der Waals surface area contributed by atoms with E-state index in [4.69, 9.17) is 9.15 Å². The van der Waals surface area contributed by atoms with Crippen LogP contribution in [-0.4, -0.2) is 11.7 Å². The van der Waals surface area contributed by atoms with Crippen molar-refractivity contribution < 1.29 is 14.3 Å². The highest BCUT2D eigenvalue weighted by Gasteiger charge is 2.17. The fourth-order valence-electron chi connectivity index (χ4n) is 3.44. The molecule has 0 spiro atoms. The number of aryl methyl sites for hydroxylation is 1. The van der Waals surface area contributed by atoms with Crippen LogP contribution >= 0.6 is 0 Å². The third-order valence-corrected chi connectivity index (χ3v) is 5.12. The Morgan fingerprint density at radius 3 is 2.64 bits per heavy atom. The van der Waals surface area contributed by atoms with Crippen LogP contribution in [0.2, 0.25) is 0 Å². The van der Waals surface area contributed by atoms with Gasteiger partial charge in [-0.3, -0.25) is 0 Å². The first-order valence-corrected chi connectivity index (χ1v) is 10.0. The van der Waals surface area contributed by atoms with Crippen molar-refractivity contribution in [2.45, 2.75) is 46.0 Å². The largest absolute Gasteiger partial charge is 0.507 e. The molecule has 2 aromatic carbocycles. The summed E-state index contributed by atoms with van der Waals surface area (Å²) in [6, 6.07) is 15.2. The molecule has 1 aromatic heterocycles. The van der Waals surface area contributed by atoms with Crippen LogP contribution < -0.4 is 10.4 Å². The van der Waals surface area contributed by atoms with E-state index in [0.717, 1.165) is 37.0 Å². The van der Waals surface area contributed by atoms with Crippen LogP contribution in [0.1, 0.15) is 43.7 Å². The van der Waals surface area contributed by atoms with Crippen molar-refractivity contribution in [1.29, 1.82) is 0 Å². The lowest BCUT2D eigenvalue weighted by Gasteiger charge is -2.18. The van der Waals surface area contributed by atoms with Crippen LogP contribution in [-0.2, 0) is 6.42 Å². The molecule has 3 rings (SSSR count). The second kappa shape index (κ2) is 9.45. The van der Waals surface area contributed by atoms with Gasteiger partial charge in [0.2, 0.25) is 0 Å². The summed E-state index contributed by atoms with van der Waals surface area (Å²) in [6.45, 7) is 4.72. The summed E-state index contributed by atoms with van der Waals surface area (Å²) in [5, 5.41) is 11.3.